The molecule has 1 unspecified atom stereocenters. The van der Waals surface area contributed by atoms with Gasteiger partial charge in [0.15, 0.2) is 0 Å². The number of likely N-dealkylation sites (tertiary alicyclic amines) is 1. The molecule has 0 bridgehead atoms. The van der Waals surface area contributed by atoms with Crippen molar-refractivity contribution in [3.63, 3.8) is 0 Å². The Balaban J connectivity index is 1.87. The SMILES string of the molecule is CC(C)(O)CN1CCCC(C(=O)N2CCOCC2)C1. The Morgan fingerprint density at radius 2 is 2.00 bits per heavy atom. The maximum Gasteiger partial charge on any atom is 0.227 e. The van der Waals surface area contributed by atoms with E-state index in [1.807, 2.05) is 18.7 Å². The highest BCUT2D eigenvalue weighted by Crippen LogP contribution is 2.21. The molecule has 2 rings (SSSR count). The monoisotopic (exact) mass is 270 g/mol. The maximum atomic E-state index is 12.4. The van der Waals surface area contributed by atoms with Crippen LogP contribution in [0.2, 0.25) is 0 Å². The van der Waals surface area contributed by atoms with Crippen LogP contribution < -0.4 is 0 Å². The molecule has 0 aromatic rings. The van der Waals surface area contributed by atoms with Crippen molar-refractivity contribution in [1.29, 1.82) is 0 Å². The van der Waals surface area contributed by atoms with Gasteiger partial charge in [0.05, 0.1) is 24.7 Å². The van der Waals surface area contributed by atoms with Gasteiger partial charge in [0, 0.05) is 26.2 Å². The zero-order valence-corrected chi connectivity index (χ0v) is 12.1. The lowest BCUT2D eigenvalue weighted by molar-refractivity contribution is -0.141. The molecule has 2 aliphatic rings. The predicted molar refractivity (Wildman–Crippen MR) is 72.9 cm³/mol. The van der Waals surface area contributed by atoms with Crippen LogP contribution in [0.3, 0.4) is 0 Å². The van der Waals surface area contributed by atoms with Crippen molar-refractivity contribution in [1.82, 2.24) is 9.80 Å². The molecule has 5 nitrogen and oxygen atoms in total. The summed E-state index contributed by atoms with van der Waals surface area (Å²) in [7, 11) is 0. The van der Waals surface area contributed by atoms with Crippen LogP contribution in [-0.2, 0) is 9.53 Å². The molecule has 110 valence electrons. The summed E-state index contributed by atoms with van der Waals surface area (Å²) in [6.45, 7) is 8.80. The summed E-state index contributed by atoms with van der Waals surface area (Å²) in [6, 6.07) is 0. The first-order chi connectivity index (χ1) is 8.96. The minimum Gasteiger partial charge on any atom is -0.389 e. The van der Waals surface area contributed by atoms with Crippen molar-refractivity contribution in [2.24, 2.45) is 5.92 Å². The highest BCUT2D eigenvalue weighted by Gasteiger charge is 2.31. The summed E-state index contributed by atoms with van der Waals surface area (Å²) < 4.78 is 5.29. The van der Waals surface area contributed by atoms with Gasteiger partial charge < -0.3 is 14.7 Å². The first-order valence-electron chi connectivity index (χ1n) is 7.27. The normalized spacial score (nSPS) is 26.5. The number of β-amino-alcohol motifs (C(OH)–C–C–N with tert-alkyl or cyclic N) is 1. The largest absolute Gasteiger partial charge is 0.389 e. The van der Waals surface area contributed by atoms with Crippen molar-refractivity contribution < 1.29 is 14.6 Å². The molecule has 1 atom stereocenters. The Morgan fingerprint density at radius 1 is 1.32 bits per heavy atom. The van der Waals surface area contributed by atoms with Crippen molar-refractivity contribution in [2.75, 3.05) is 45.9 Å². The standard InChI is InChI=1S/C14H26N2O3/c1-14(2,18)11-15-5-3-4-12(10-15)13(17)16-6-8-19-9-7-16/h12,18H,3-11H2,1-2H3. The summed E-state index contributed by atoms with van der Waals surface area (Å²) in [5.41, 5.74) is -0.691. The van der Waals surface area contributed by atoms with Crippen molar-refractivity contribution in [2.45, 2.75) is 32.3 Å². The fraction of sp³-hybridized carbons (Fsp3) is 0.929. The highest BCUT2D eigenvalue weighted by molar-refractivity contribution is 5.79. The molecule has 0 radical (unpaired) electrons. The number of rotatable bonds is 3. The number of nitrogens with zero attached hydrogens (tertiary/aromatic N) is 2. The van der Waals surface area contributed by atoms with E-state index in [2.05, 4.69) is 4.90 Å². The second-order valence-corrected chi connectivity index (χ2v) is 6.32. The number of hydrogen-bond donors (Lipinski definition) is 1. The Morgan fingerprint density at radius 3 is 2.63 bits per heavy atom. The molecule has 2 aliphatic heterocycles. The lowest BCUT2D eigenvalue weighted by Crippen LogP contribution is -2.50. The van der Waals surface area contributed by atoms with Gasteiger partial charge in [0.25, 0.3) is 0 Å². The minimum absolute atomic E-state index is 0.0919. The first kappa shape index (κ1) is 14.8. The molecular weight excluding hydrogens is 244 g/mol. The summed E-state index contributed by atoms with van der Waals surface area (Å²) in [5.74, 6) is 0.359. The molecule has 1 amide bonds. The second-order valence-electron chi connectivity index (χ2n) is 6.32. The van der Waals surface area contributed by atoms with Crippen LogP contribution in [0.15, 0.2) is 0 Å². The molecular formula is C14H26N2O3. The molecule has 0 aliphatic carbocycles. The number of piperidine rings is 1. The Labute approximate surface area is 115 Å². The van der Waals surface area contributed by atoms with Crippen LogP contribution in [0.25, 0.3) is 0 Å². The van der Waals surface area contributed by atoms with E-state index < -0.39 is 5.60 Å². The number of carbonyl (C=O) groups excluding carboxylic acids is 1. The molecule has 0 saturated carbocycles. The van der Waals surface area contributed by atoms with Crippen LogP contribution in [0.1, 0.15) is 26.7 Å². The molecule has 2 heterocycles. The highest BCUT2D eigenvalue weighted by atomic mass is 16.5. The predicted octanol–water partition coefficient (Wildman–Crippen LogP) is 0.328. The molecule has 19 heavy (non-hydrogen) atoms. The van der Waals surface area contributed by atoms with E-state index in [1.165, 1.54) is 0 Å². The molecule has 5 heteroatoms. The van der Waals surface area contributed by atoms with E-state index in [-0.39, 0.29) is 11.8 Å². The van der Waals surface area contributed by atoms with Gasteiger partial charge in [-0.2, -0.15) is 0 Å². The van der Waals surface area contributed by atoms with Crippen LogP contribution >= 0.6 is 0 Å². The fourth-order valence-electron chi connectivity index (χ4n) is 2.99. The number of hydrogen-bond acceptors (Lipinski definition) is 4. The third-order valence-corrected chi connectivity index (χ3v) is 3.79. The van der Waals surface area contributed by atoms with Crippen LogP contribution in [-0.4, -0.2) is 72.4 Å². The number of carbonyl (C=O) groups is 1. The third-order valence-electron chi connectivity index (χ3n) is 3.79. The van der Waals surface area contributed by atoms with E-state index in [1.54, 1.807) is 0 Å². The number of aliphatic hydroxyl groups is 1. The quantitative estimate of drug-likeness (QED) is 0.803. The van der Waals surface area contributed by atoms with Gasteiger partial charge in [-0.15, -0.1) is 0 Å². The third kappa shape index (κ3) is 4.44. The lowest BCUT2D eigenvalue weighted by Gasteiger charge is -2.38. The second kappa shape index (κ2) is 6.20. The van der Waals surface area contributed by atoms with Crippen LogP contribution in [0.4, 0.5) is 0 Å². The topological polar surface area (TPSA) is 53.0 Å². The van der Waals surface area contributed by atoms with Crippen molar-refractivity contribution >= 4 is 5.91 Å². The molecule has 0 aromatic heterocycles. The molecule has 2 saturated heterocycles. The molecule has 1 N–H and O–H groups in total. The summed E-state index contributed by atoms with van der Waals surface area (Å²) in [4.78, 5) is 16.6. The summed E-state index contributed by atoms with van der Waals surface area (Å²) in [6.07, 6.45) is 2.01. The van der Waals surface area contributed by atoms with Crippen LogP contribution in [0, 0.1) is 5.92 Å². The van der Waals surface area contributed by atoms with Gasteiger partial charge in [-0.05, 0) is 33.2 Å². The molecule has 0 spiro atoms. The first-order valence-corrected chi connectivity index (χ1v) is 7.27. The number of ether oxygens (including phenoxy) is 1. The van der Waals surface area contributed by atoms with E-state index in [0.717, 1.165) is 39.0 Å². The Bertz CT molecular complexity index is 308. The fourth-order valence-corrected chi connectivity index (χ4v) is 2.99. The van der Waals surface area contributed by atoms with Crippen LogP contribution in [0.5, 0.6) is 0 Å². The van der Waals surface area contributed by atoms with E-state index in [4.69, 9.17) is 4.74 Å². The van der Waals surface area contributed by atoms with Gasteiger partial charge in [-0.1, -0.05) is 0 Å². The summed E-state index contributed by atoms with van der Waals surface area (Å²) in [5, 5.41) is 9.89. The number of morpholine rings is 1. The van der Waals surface area contributed by atoms with Gasteiger partial charge in [0.2, 0.25) is 5.91 Å². The minimum atomic E-state index is -0.691. The zero-order valence-electron chi connectivity index (χ0n) is 12.1. The van der Waals surface area contributed by atoms with Gasteiger partial charge in [-0.3, -0.25) is 9.69 Å². The molecule has 0 aromatic carbocycles. The Hall–Kier alpha value is -0.650. The smallest absolute Gasteiger partial charge is 0.227 e. The molecule has 2 fully saturated rings. The van der Waals surface area contributed by atoms with Gasteiger partial charge >= 0.3 is 0 Å². The van der Waals surface area contributed by atoms with E-state index >= 15 is 0 Å². The van der Waals surface area contributed by atoms with E-state index in [9.17, 15) is 9.90 Å². The average Bonchev–Trinajstić information content (AvgIpc) is 2.37. The number of amides is 1. The van der Waals surface area contributed by atoms with Crippen molar-refractivity contribution in [3.8, 4) is 0 Å². The Kier molecular flexibility index (Phi) is 4.81. The van der Waals surface area contributed by atoms with Gasteiger partial charge in [0.1, 0.15) is 0 Å². The lowest BCUT2D eigenvalue weighted by atomic mass is 9.95. The zero-order chi connectivity index (χ0) is 13.9. The van der Waals surface area contributed by atoms with E-state index in [0.29, 0.717) is 19.8 Å². The van der Waals surface area contributed by atoms with Gasteiger partial charge in [-0.25, -0.2) is 0 Å². The average molecular weight is 270 g/mol. The van der Waals surface area contributed by atoms with Crippen molar-refractivity contribution in [3.05, 3.63) is 0 Å². The summed E-state index contributed by atoms with van der Waals surface area (Å²) >= 11 is 0. The maximum absolute atomic E-state index is 12.4.